The van der Waals surface area contributed by atoms with Crippen molar-refractivity contribution in [2.75, 3.05) is 7.11 Å². The molecule has 0 unspecified atom stereocenters. The maximum Gasteiger partial charge on any atom is 0.290 e. The lowest BCUT2D eigenvalue weighted by Gasteiger charge is -1.92. The third-order valence-corrected chi connectivity index (χ3v) is 2.43. The molecule has 0 saturated heterocycles. The molecule has 2 rings (SSSR count). The number of methoxy groups -OCH3 is 1. The van der Waals surface area contributed by atoms with Crippen LogP contribution in [0.4, 0.5) is 5.69 Å². The lowest BCUT2D eigenvalue weighted by Crippen LogP contribution is -2.05. The molecule has 0 bridgehead atoms. The molecule has 92 valence electrons. The highest BCUT2D eigenvalue weighted by Gasteiger charge is 2.09. The van der Waals surface area contributed by atoms with Crippen molar-refractivity contribution in [1.82, 2.24) is 4.98 Å². The van der Waals surface area contributed by atoms with Gasteiger partial charge in [-0.1, -0.05) is 0 Å². The number of nitrogens with zero attached hydrogens (tertiary/aromatic N) is 1. The second-order valence-corrected chi connectivity index (χ2v) is 3.52. The van der Waals surface area contributed by atoms with Gasteiger partial charge >= 0.3 is 0 Å². The summed E-state index contributed by atoms with van der Waals surface area (Å²) in [7, 11) is 1.26. The number of hydrogen-bond acceptors (Lipinski definition) is 5. The van der Waals surface area contributed by atoms with E-state index in [-0.39, 0.29) is 22.3 Å². The first-order valence-electron chi connectivity index (χ1n) is 4.92. The van der Waals surface area contributed by atoms with Crippen LogP contribution in [0.25, 0.3) is 10.9 Å². The molecular formula is C11H8N2O5. The van der Waals surface area contributed by atoms with Crippen LogP contribution in [0.1, 0.15) is 0 Å². The summed E-state index contributed by atoms with van der Waals surface area (Å²) in [6.45, 7) is 0. The van der Waals surface area contributed by atoms with E-state index in [1.807, 2.05) is 0 Å². The lowest BCUT2D eigenvalue weighted by atomic mass is 10.2. The van der Waals surface area contributed by atoms with Gasteiger partial charge in [-0.15, -0.1) is 0 Å². The van der Waals surface area contributed by atoms with Crippen LogP contribution in [0.3, 0.4) is 0 Å². The van der Waals surface area contributed by atoms with Crippen molar-refractivity contribution in [2.24, 2.45) is 0 Å². The standard InChI is InChI=1S/C11H8N2O5/c1-18-10-5-9(14)7-4-6(13(16)17)2-3-8(7)12-11(10)15/h2-5H,1H3,(H,12,15). The normalized spacial score (nSPS) is 10.3. The summed E-state index contributed by atoms with van der Waals surface area (Å²) in [4.78, 5) is 35.9. The van der Waals surface area contributed by atoms with E-state index in [4.69, 9.17) is 4.74 Å². The molecule has 1 aromatic heterocycles. The molecule has 0 spiro atoms. The van der Waals surface area contributed by atoms with Crippen molar-refractivity contribution in [3.63, 3.8) is 0 Å². The highest BCUT2D eigenvalue weighted by atomic mass is 16.6. The third kappa shape index (κ3) is 1.93. The van der Waals surface area contributed by atoms with Gasteiger partial charge in [0.15, 0.2) is 11.2 Å². The highest BCUT2D eigenvalue weighted by Crippen LogP contribution is 2.16. The summed E-state index contributed by atoms with van der Waals surface area (Å²) in [5.74, 6) is -0.140. The van der Waals surface area contributed by atoms with Gasteiger partial charge in [-0.3, -0.25) is 19.7 Å². The van der Waals surface area contributed by atoms with E-state index in [9.17, 15) is 19.7 Å². The Morgan fingerprint density at radius 1 is 1.28 bits per heavy atom. The van der Waals surface area contributed by atoms with Crippen LogP contribution in [0.5, 0.6) is 5.75 Å². The molecular weight excluding hydrogens is 240 g/mol. The van der Waals surface area contributed by atoms with Crippen molar-refractivity contribution in [3.05, 3.63) is 55.0 Å². The van der Waals surface area contributed by atoms with Crippen LogP contribution in [-0.2, 0) is 0 Å². The van der Waals surface area contributed by atoms with Gasteiger partial charge in [0.25, 0.3) is 11.2 Å². The van der Waals surface area contributed by atoms with Crippen molar-refractivity contribution in [3.8, 4) is 5.75 Å². The molecule has 0 fully saturated rings. The second kappa shape index (κ2) is 4.28. The molecule has 7 heteroatoms. The quantitative estimate of drug-likeness (QED) is 0.625. The monoisotopic (exact) mass is 248 g/mol. The molecule has 0 radical (unpaired) electrons. The van der Waals surface area contributed by atoms with E-state index in [0.717, 1.165) is 12.1 Å². The summed E-state index contributed by atoms with van der Waals surface area (Å²) >= 11 is 0. The first kappa shape index (κ1) is 11.8. The molecule has 0 amide bonds. The number of rotatable bonds is 2. The molecule has 1 aromatic carbocycles. The summed E-state index contributed by atoms with van der Waals surface area (Å²) in [6, 6.07) is 4.65. The maximum atomic E-state index is 11.8. The molecule has 2 aromatic rings. The van der Waals surface area contributed by atoms with Crippen LogP contribution in [0, 0.1) is 10.1 Å². The van der Waals surface area contributed by atoms with Crippen molar-refractivity contribution in [2.45, 2.75) is 0 Å². The topological polar surface area (TPSA) is 102 Å². The number of ether oxygens (including phenoxy) is 1. The Hall–Kier alpha value is -2.70. The highest BCUT2D eigenvalue weighted by molar-refractivity contribution is 5.80. The van der Waals surface area contributed by atoms with Crippen molar-refractivity contribution in [1.29, 1.82) is 0 Å². The number of aromatic amines is 1. The van der Waals surface area contributed by atoms with Crippen molar-refractivity contribution >= 4 is 16.6 Å². The van der Waals surface area contributed by atoms with E-state index < -0.39 is 15.9 Å². The Bertz CT molecular complexity index is 750. The number of non-ortho nitro benzene ring substituents is 1. The Balaban J connectivity index is 2.93. The fourth-order valence-corrected chi connectivity index (χ4v) is 1.56. The van der Waals surface area contributed by atoms with Gasteiger partial charge in [0.05, 0.1) is 22.9 Å². The molecule has 0 saturated carbocycles. The smallest absolute Gasteiger partial charge is 0.290 e. The molecule has 1 heterocycles. The average molecular weight is 248 g/mol. The average Bonchev–Trinajstić information content (AvgIpc) is 2.46. The second-order valence-electron chi connectivity index (χ2n) is 3.52. The fraction of sp³-hybridized carbons (Fsp3) is 0.0909. The predicted molar refractivity (Wildman–Crippen MR) is 64.0 cm³/mol. The van der Waals surface area contributed by atoms with Gasteiger partial charge < -0.3 is 9.72 Å². The van der Waals surface area contributed by atoms with Crippen LogP contribution >= 0.6 is 0 Å². The molecule has 18 heavy (non-hydrogen) atoms. The van der Waals surface area contributed by atoms with E-state index in [0.29, 0.717) is 0 Å². The fourth-order valence-electron chi connectivity index (χ4n) is 1.56. The molecule has 0 atom stereocenters. The van der Waals surface area contributed by atoms with Gasteiger partial charge in [0.2, 0.25) is 0 Å². The summed E-state index contributed by atoms with van der Waals surface area (Å²) in [6.07, 6.45) is 0. The zero-order chi connectivity index (χ0) is 13.3. The third-order valence-electron chi connectivity index (χ3n) is 2.43. The van der Waals surface area contributed by atoms with Gasteiger partial charge in [0.1, 0.15) is 0 Å². The van der Waals surface area contributed by atoms with E-state index in [1.54, 1.807) is 0 Å². The number of benzene rings is 1. The van der Waals surface area contributed by atoms with Crippen LogP contribution in [0.2, 0.25) is 0 Å². The first-order chi connectivity index (χ1) is 8.52. The minimum Gasteiger partial charge on any atom is -0.491 e. The largest absolute Gasteiger partial charge is 0.491 e. The first-order valence-corrected chi connectivity index (χ1v) is 4.92. The minimum atomic E-state index is -0.610. The molecule has 0 aliphatic rings. The summed E-state index contributed by atoms with van der Waals surface area (Å²) in [5, 5.41) is 10.7. The van der Waals surface area contributed by atoms with Crippen molar-refractivity contribution < 1.29 is 9.66 Å². The Labute approximate surface area is 99.8 Å². The molecule has 7 nitrogen and oxygen atoms in total. The summed E-state index contributed by atoms with van der Waals surface area (Å²) < 4.78 is 4.76. The molecule has 1 N–H and O–H groups in total. The summed E-state index contributed by atoms with van der Waals surface area (Å²) in [5.41, 5.74) is -1.09. The molecule has 0 aliphatic carbocycles. The number of aromatic nitrogens is 1. The Kier molecular flexibility index (Phi) is 2.80. The lowest BCUT2D eigenvalue weighted by molar-refractivity contribution is -0.384. The van der Waals surface area contributed by atoms with Gasteiger partial charge in [0, 0.05) is 18.2 Å². The maximum absolute atomic E-state index is 11.8. The van der Waals surface area contributed by atoms with E-state index >= 15 is 0 Å². The van der Waals surface area contributed by atoms with Crippen LogP contribution in [0.15, 0.2) is 33.9 Å². The number of nitro groups is 1. The van der Waals surface area contributed by atoms with Crippen LogP contribution < -0.4 is 15.7 Å². The van der Waals surface area contributed by atoms with E-state index in [1.165, 1.54) is 19.2 Å². The predicted octanol–water partition coefficient (Wildman–Crippen LogP) is 0.805. The Morgan fingerprint density at radius 3 is 2.61 bits per heavy atom. The van der Waals surface area contributed by atoms with E-state index in [2.05, 4.69) is 4.98 Å². The number of H-pyrrole nitrogens is 1. The van der Waals surface area contributed by atoms with Gasteiger partial charge in [-0.2, -0.15) is 0 Å². The molecule has 0 aliphatic heterocycles. The number of hydrogen-bond donors (Lipinski definition) is 1. The number of nitro benzene ring substituents is 1. The SMILES string of the molecule is COc1cc(=O)c2cc([N+](=O)[O-])ccc2[nH]c1=O. The zero-order valence-electron chi connectivity index (χ0n) is 9.30. The van der Waals surface area contributed by atoms with Gasteiger partial charge in [-0.25, -0.2) is 0 Å². The Morgan fingerprint density at radius 2 is 2.00 bits per heavy atom. The van der Waals surface area contributed by atoms with Crippen LogP contribution in [-0.4, -0.2) is 17.0 Å². The van der Waals surface area contributed by atoms with Gasteiger partial charge in [-0.05, 0) is 6.07 Å². The number of fused-ring (bicyclic) bond motifs is 1. The number of nitrogens with one attached hydrogen (secondary N) is 1. The zero-order valence-corrected chi connectivity index (χ0v) is 9.30. The minimum absolute atomic E-state index is 0.0598.